The summed E-state index contributed by atoms with van der Waals surface area (Å²) in [4.78, 5) is 6.97. The molecule has 2 aromatic heterocycles. The topological polar surface area (TPSA) is 34.0 Å². The lowest BCUT2D eigenvalue weighted by Gasteiger charge is -2.22. The van der Waals surface area contributed by atoms with Crippen LogP contribution in [-0.2, 0) is 26.2 Å². The molecule has 4 nitrogen and oxygen atoms in total. The van der Waals surface area contributed by atoms with Crippen molar-refractivity contribution < 1.29 is 0 Å². The first-order valence-electron chi connectivity index (χ1n) is 9.36. The molecule has 136 valence electrons. The van der Waals surface area contributed by atoms with Crippen LogP contribution in [0.5, 0.6) is 0 Å². The van der Waals surface area contributed by atoms with E-state index in [0.29, 0.717) is 0 Å². The summed E-state index contributed by atoms with van der Waals surface area (Å²) in [7, 11) is 0. The zero-order valence-electron chi connectivity index (χ0n) is 16.0. The quantitative estimate of drug-likeness (QED) is 0.601. The van der Waals surface area contributed by atoms with Crippen molar-refractivity contribution >= 4 is 0 Å². The van der Waals surface area contributed by atoms with E-state index in [1.54, 1.807) is 0 Å². The smallest absolute Gasteiger partial charge is 0.0641 e. The number of aryl methyl sites for hydroxylation is 2. The van der Waals surface area contributed by atoms with Crippen LogP contribution >= 0.6 is 0 Å². The van der Waals surface area contributed by atoms with E-state index in [-0.39, 0.29) is 0 Å². The van der Waals surface area contributed by atoms with Gasteiger partial charge in [-0.05, 0) is 38.0 Å². The first-order chi connectivity index (χ1) is 12.7. The largest absolute Gasteiger partial charge is 0.289 e. The van der Waals surface area contributed by atoms with Crippen molar-refractivity contribution in [1.82, 2.24) is 19.7 Å². The average Bonchev–Trinajstić information content (AvgIpc) is 2.91. The Balaban J connectivity index is 1.83. The first kappa shape index (κ1) is 18.3. The van der Waals surface area contributed by atoms with Gasteiger partial charge in [0.1, 0.15) is 0 Å². The summed E-state index contributed by atoms with van der Waals surface area (Å²) >= 11 is 0. The van der Waals surface area contributed by atoms with Crippen molar-refractivity contribution in [2.24, 2.45) is 0 Å². The highest BCUT2D eigenvalue weighted by atomic mass is 15.3. The molecule has 4 heteroatoms. The Hall–Kier alpha value is -2.46. The third kappa shape index (κ3) is 4.58. The van der Waals surface area contributed by atoms with E-state index in [1.807, 2.05) is 12.3 Å². The minimum atomic E-state index is 0.827. The molecule has 3 aromatic rings. The van der Waals surface area contributed by atoms with Crippen LogP contribution in [0.2, 0.25) is 0 Å². The molecule has 0 atom stereocenters. The summed E-state index contributed by atoms with van der Waals surface area (Å²) in [6.45, 7) is 10.1. The molecule has 0 aliphatic carbocycles. The Bertz CT molecular complexity index is 767. The highest BCUT2D eigenvalue weighted by molar-refractivity contribution is 5.25. The summed E-state index contributed by atoms with van der Waals surface area (Å²) in [6.07, 6.45) is 2.97. The molecule has 0 unspecified atom stereocenters. The SMILES string of the molecule is CCCn1nc(C)c(CN(Cc2ccccc2)Cc2ccccn2)c1C. The molecule has 0 fully saturated rings. The molecule has 0 aliphatic heterocycles. The van der Waals surface area contributed by atoms with Crippen LogP contribution in [0.4, 0.5) is 0 Å². The van der Waals surface area contributed by atoms with Crippen LogP contribution in [0, 0.1) is 13.8 Å². The molecular weight excluding hydrogens is 320 g/mol. The maximum Gasteiger partial charge on any atom is 0.0641 e. The lowest BCUT2D eigenvalue weighted by molar-refractivity contribution is 0.243. The summed E-state index contributed by atoms with van der Waals surface area (Å²) < 4.78 is 2.14. The number of pyridine rings is 1. The normalized spacial score (nSPS) is 11.2. The molecule has 0 N–H and O–H groups in total. The lowest BCUT2D eigenvalue weighted by Crippen LogP contribution is -2.23. The van der Waals surface area contributed by atoms with Crippen molar-refractivity contribution in [3.8, 4) is 0 Å². The zero-order chi connectivity index (χ0) is 18.4. The molecule has 1 aromatic carbocycles. The second kappa shape index (κ2) is 8.77. The van der Waals surface area contributed by atoms with Gasteiger partial charge in [0.05, 0.1) is 11.4 Å². The fourth-order valence-electron chi connectivity index (χ4n) is 3.35. The molecule has 0 saturated heterocycles. The van der Waals surface area contributed by atoms with E-state index < -0.39 is 0 Å². The van der Waals surface area contributed by atoms with Gasteiger partial charge < -0.3 is 0 Å². The van der Waals surface area contributed by atoms with Gasteiger partial charge in [0.2, 0.25) is 0 Å². The molecule has 0 saturated carbocycles. The van der Waals surface area contributed by atoms with E-state index in [2.05, 4.69) is 77.8 Å². The Kier molecular flexibility index (Phi) is 6.18. The van der Waals surface area contributed by atoms with E-state index in [1.165, 1.54) is 16.8 Å². The number of benzene rings is 1. The predicted molar refractivity (Wildman–Crippen MR) is 106 cm³/mol. The van der Waals surface area contributed by atoms with E-state index in [9.17, 15) is 0 Å². The van der Waals surface area contributed by atoms with Crippen LogP contribution in [-0.4, -0.2) is 19.7 Å². The molecule has 0 bridgehead atoms. The van der Waals surface area contributed by atoms with Crippen LogP contribution in [0.1, 0.15) is 41.6 Å². The fraction of sp³-hybridized carbons (Fsp3) is 0.364. The van der Waals surface area contributed by atoms with Gasteiger partial charge in [-0.1, -0.05) is 43.3 Å². The molecule has 26 heavy (non-hydrogen) atoms. The van der Waals surface area contributed by atoms with E-state index in [0.717, 1.165) is 44.0 Å². The highest BCUT2D eigenvalue weighted by Gasteiger charge is 2.16. The van der Waals surface area contributed by atoms with Crippen LogP contribution < -0.4 is 0 Å². The zero-order valence-corrected chi connectivity index (χ0v) is 16.0. The Morgan fingerprint density at radius 3 is 2.38 bits per heavy atom. The van der Waals surface area contributed by atoms with Crippen molar-refractivity contribution in [2.75, 3.05) is 0 Å². The van der Waals surface area contributed by atoms with Crippen LogP contribution in [0.15, 0.2) is 54.7 Å². The fourth-order valence-corrected chi connectivity index (χ4v) is 3.35. The molecule has 0 aliphatic rings. The summed E-state index contributed by atoms with van der Waals surface area (Å²) in [5.41, 5.74) is 6.17. The third-order valence-corrected chi connectivity index (χ3v) is 4.71. The minimum absolute atomic E-state index is 0.827. The van der Waals surface area contributed by atoms with Crippen molar-refractivity contribution in [3.05, 3.63) is 82.9 Å². The van der Waals surface area contributed by atoms with Gasteiger partial charge in [0.25, 0.3) is 0 Å². The van der Waals surface area contributed by atoms with Crippen molar-refractivity contribution in [3.63, 3.8) is 0 Å². The van der Waals surface area contributed by atoms with E-state index >= 15 is 0 Å². The predicted octanol–water partition coefficient (Wildman–Crippen LogP) is 4.51. The third-order valence-electron chi connectivity index (χ3n) is 4.71. The number of nitrogens with zero attached hydrogens (tertiary/aromatic N) is 4. The van der Waals surface area contributed by atoms with E-state index in [4.69, 9.17) is 5.10 Å². The van der Waals surface area contributed by atoms with Gasteiger partial charge in [-0.25, -0.2) is 0 Å². The summed E-state index contributed by atoms with van der Waals surface area (Å²) in [5, 5.41) is 4.74. The number of hydrogen-bond donors (Lipinski definition) is 0. The molecular formula is C22H28N4. The van der Waals surface area contributed by atoms with Gasteiger partial charge in [-0.2, -0.15) is 5.10 Å². The molecule has 0 radical (unpaired) electrons. The number of rotatable bonds is 8. The van der Waals surface area contributed by atoms with Crippen LogP contribution in [0.3, 0.4) is 0 Å². The first-order valence-corrected chi connectivity index (χ1v) is 9.36. The van der Waals surface area contributed by atoms with Gasteiger partial charge >= 0.3 is 0 Å². The molecule has 0 spiro atoms. The number of aromatic nitrogens is 3. The van der Waals surface area contributed by atoms with Crippen molar-refractivity contribution in [1.29, 1.82) is 0 Å². The Morgan fingerprint density at radius 1 is 0.923 bits per heavy atom. The summed E-state index contributed by atoms with van der Waals surface area (Å²) in [5.74, 6) is 0. The number of hydrogen-bond acceptors (Lipinski definition) is 3. The standard InChI is InChI=1S/C22H28N4/c1-4-14-26-19(3)22(18(2)24-26)17-25(15-20-10-6-5-7-11-20)16-21-12-8-9-13-23-21/h5-13H,4,14-17H2,1-3H3. The van der Waals surface area contributed by atoms with Gasteiger partial charge in [-0.3, -0.25) is 14.6 Å². The minimum Gasteiger partial charge on any atom is -0.289 e. The van der Waals surface area contributed by atoms with Gasteiger partial charge in [0, 0.05) is 43.6 Å². The maximum atomic E-state index is 4.74. The highest BCUT2D eigenvalue weighted by Crippen LogP contribution is 2.19. The molecule has 2 heterocycles. The Morgan fingerprint density at radius 2 is 1.69 bits per heavy atom. The molecule has 0 amide bonds. The second-order valence-electron chi connectivity index (χ2n) is 6.82. The molecule has 3 rings (SSSR count). The maximum absolute atomic E-state index is 4.74. The van der Waals surface area contributed by atoms with Gasteiger partial charge in [0.15, 0.2) is 0 Å². The van der Waals surface area contributed by atoms with Gasteiger partial charge in [-0.15, -0.1) is 0 Å². The lowest BCUT2D eigenvalue weighted by atomic mass is 10.1. The second-order valence-corrected chi connectivity index (χ2v) is 6.82. The average molecular weight is 348 g/mol. The monoisotopic (exact) mass is 348 g/mol. The van der Waals surface area contributed by atoms with Crippen molar-refractivity contribution in [2.45, 2.75) is 53.4 Å². The summed E-state index contributed by atoms with van der Waals surface area (Å²) in [6, 6.07) is 16.8. The Labute approximate surface area is 156 Å². The van der Waals surface area contributed by atoms with Crippen LogP contribution in [0.25, 0.3) is 0 Å².